The van der Waals surface area contributed by atoms with E-state index in [0.717, 1.165) is 12.2 Å². The summed E-state index contributed by atoms with van der Waals surface area (Å²) < 4.78 is 28.9. The number of nitrogens with zero attached hydrogens (tertiary/aromatic N) is 1. The van der Waals surface area contributed by atoms with Crippen molar-refractivity contribution in [3.63, 3.8) is 0 Å². The Bertz CT molecular complexity index is 719. The van der Waals surface area contributed by atoms with E-state index in [2.05, 4.69) is 6.92 Å². The minimum atomic E-state index is -2.99. The molecule has 0 N–H and O–H groups in total. The number of furan rings is 1. The van der Waals surface area contributed by atoms with Crippen molar-refractivity contribution in [1.82, 2.24) is 4.90 Å². The van der Waals surface area contributed by atoms with E-state index in [0.29, 0.717) is 30.6 Å². The highest BCUT2D eigenvalue weighted by atomic mass is 32.2. The van der Waals surface area contributed by atoms with Crippen molar-refractivity contribution in [3.05, 3.63) is 29.7 Å². The molecule has 0 bridgehead atoms. The molecule has 5 nitrogen and oxygen atoms in total. The normalized spacial score (nSPS) is 29.0. The van der Waals surface area contributed by atoms with Crippen LogP contribution in [0.2, 0.25) is 0 Å². The van der Waals surface area contributed by atoms with Gasteiger partial charge in [-0.1, -0.05) is 6.92 Å². The summed E-state index contributed by atoms with van der Waals surface area (Å²) in [6, 6.07) is 3.64. The first-order valence-corrected chi connectivity index (χ1v) is 10.0. The standard InChI is InChI=1S/C17H23NO4S/c1-3-18(13-8-9-23(20,21)11-13)17(19)7-5-14-4-6-16(22-14)15-10-12(15)2/h4-7,12-13,15H,3,8-11H2,1-2H3/b7-5-/t12-,13+,15+/m0/s1. The van der Waals surface area contributed by atoms with Crippen molar-refractivity contribution >= 4 is 21.8 Å². The van der Waals surface area contributed by atoms with Gasteiger partial charge in [0.1, 0.15) is 11.5 Å². The van der Waals surface area contributed by atoms with Gasteiger partial charge in [-0.25, -0.2) is 8.42 Å². The minimum absolute atomic E-state index is 0.0743. The van der Waals surface area contributed by atoms with Crippen LogP contribution in [0.5, 0.6) is 0 Å². The van der Waals surface area contributed by atoms with Gasteiger partial charge in [-0.2, -0.15) is 0 Å². The average molecular weight is 337 g/mol. The molecule has 1 saturated heterocycles. The van der Waals surface area contributed by atoms with E-state index in [4.69, 9.17) is 4.42 Å². The van der Waals surface area contributed by atoms with Gasteiger partial charge in [0.2, 0.25) is 5.91 Å². The number of carbonyl (C=O) groups excluding carboxylic acids is 1. The first-order valence-electron chi connectivity index (χ1n) is 8.18. The third kappa shape index (κ3) is 3.68. The number of sulfone groups is 1. The molecule has 1 aliphatic carbocycles. The zero-order valence-corrected chi connectivity index (χ0v) is 14.4. The molecule has 23 heavy (non-hydrogen) atoms. The van der Waals surface area contributed by atoms with Crippen LogP contribution in [0.4, 0.5) is 0 Å². The predicted octanol–water partition coefficient (Wildman–Crippen LogP) is 2.45. The fourth-order valence-electron chi connectivity index (χ4n) is 3.24. The maximum absolute atomic E-state index is 12.4. The van der Waals surface area contributed by atoms with E-state index in [1.807, 2.05) is 19.1 Å². The molecule has 1 saturated carbocycles. The predicted molar refractivity (Wildman–Crippen MR) is 88.7 cm³/mol. The SMILES string of the molecule is CCN(C(=O)/C=C\c1ccc([C@@H]2C[C@@H]2C)o1)[C@@H]1CCS(=O)(=O)C1. The summed E-state index contributed by atoms with van der Waals surface area (Å²) >= 11 is 0. The first kappa shape index (κ1) is 16.3. The van der Waals surface area contributed by atoms with Crippen LogP contribution >= 0.6 is 0 Å². The molecule has 2 heterocycles. The summed E-state index contributed by atoms with van der Waals surface area (Å²) in [6.45, 7) is 4.57. The van der Waals surface area contributed by atoms with Crippen molar-refractivity contribution in [2.45, 2.75) is 38.6 Å². The Kier molecular flexibility index (Phi) is 4.36. The summed E-state index contributed by atoms with van der Waals surface area (Å²) in [4.78, 5) is 14.0. The number of likely N-dealkylation sites (N-methyl/N-ethyl adjacent to an activating group) is 1. The van der Waals surface area contributed by atoms with E-state index in [1.54, 1.807) is 11.0 Å². The average Bonchev–Trinajstić information content (AvgIpc) is 2.90. The smallest absolute Gasteiger partial charge is 0.246 e. The van der Waals surface area contributed by atoms with E-state index in [9.17, 15) is 13.2 Å². The number of hydrogen-bond acceptors (Lipinski definition) is 4. The lowest BCUT2D eigenvalue weighted by Crippen LogP contribution is -2.39. The Morgan fingerprint density at radius 3 is 2.74 bits per heavy atom. The highest BCUT2D eigenvalue weighted by Crippen LogP contribution is 2.47. The summed E-state index contributed by atoms with van der Waals surface area (Å²) in [6.07, 6.45) is 4.84. The minimum Gasteiger partial charge on any atom is -0.461 e. The maximum atomic E-state index is 12.4. The van der Waals surface area contributed by atoms with Crippen LogP contribution in [0.3, 0.4) is 0 Å². The van der Waals surface area contributed by atoms with Crippen molar-refractivity contribution in [2.75, 3.05) is 18.1 Å². The zero-order valence-electron chi connectivity index (χ0n) is 13.6. The lowest BCUT2D eigenvalue weighted by molar-refractivity contribution is -0.127. The van der Waals surface area contributed by atoms with Crippen molar-refractivity contribution in [1.29, 1.82) is 0 Å². The molecule has 0 unspecified atom stereocenters. The van der Waals surface area contributed by atoms with Gasteiger partial charge in [-0.05, 0) is 43.9 Å². The van der Waals surface area contributed by atoms with Crippen LogP contribution in [0, 0.1) is 5.92 Å². The van der Waals surface area contributed by atoms with E-state index >= 15 is 0 Å². The Morgan fingerprint density at radius 1 is 1.43 bits per heavy atom. The molecule has 1 aromatic rings. The van der Waals surface area contributed by atoms with E-state index in [-0.39, 0.29) is 23.5 Å². The van der Waals surface area contributed by atoms with Gasteiger partial charge >= 0.3 is 0 Å². The summed E-state index contributed by atoms with van der Waals surface area (Å²) in [7, 11) is -2.99. The van der Waals surface area contributed by atoms with Crippen LogP contribution in [0.15, 0.2) is 22.6 Å². The third-order valence-corrected chi connectivity index (χ3v) is 6.54. The van der Waals surface area contributed by atoms with Crippen molar-refractivity contribution < 1.29 is 17.6 Å². The number of carbonyl (C=O) groups is 1. The van der Waals surface area contributed by atoms with Crippen LogP contribution in [0.1, 0.15) is 44.1 Å². The highest BCUT2D eigenvalue weighted by Gasteiger charge is 2.36. The second-order valence-corrected chi connectivity index (χ2v) is 8.80. The van der Waals surface area contributed by atoms with Crippen LogP contribution in [-0.4, -0.2) is 43.3 Å². The lowest BCUT2D eigenvalue weighted by Gasteiger charge is -2.25. The Balaban J connectivity index is 1.63. The molecule has 0 spiro atoms. The zero-order chi connectivity index (χ0) is 16.6. The van der Waals surface area contributed by atoms with Gasteiger partial charge in [-0.15, -0.1) is 0 Å². The second-order valence-electron chi connectivity index (χ2n) is 6.57. The van der Waals surface area contributed by atoms with Crippen LogP contribution in [-0.2, 0) is 14.6 Å². The summed E-state index contributed by atoms with van der Waals surface area (Å²) in [5, 5.41) is 0. The summed E-state index contributed by atoms with van der Waals surface area (Å²) in [5.74, 6) is 2.94. The van der Waals surface area contributed by atoms with E-state index < -0.39 is 9.84 Å². The molecular formula is C17H23NO4S. The molecule has 6 heteroatoms. The quantitative estimate of drug-likeness (QED) is 0.774. The number of rotatable bonds is 5. The molecule has 1 amide bonds. The fourth-order valence-corrected chi connectivity index (χ4v) is 4.97. The molecule has 0 aromatic carbocycles. The first-order chi connectivity index (χ1) is 10.9. The third-order valence-electron chi connectivity index (χ3n) is 4.79. The molecule has 1 aliphatic heterocycles. The van der Waals surface area contributed by atoms with Gasteiger partial charge in [0.25, 0.3) is 0 Å². The fraction of sp³-hybridized carbons (Fsp3) is 0.588. The molecule has 1 aromatic heterocycles. The second kappa shape index (κ2) is 6.15. The highest BCUT2D eigenvalue weighted by molar-refractivity contribution is 7.91. The molecule has 3 atom stereocenters. The topological polar surface area (TPSA) is 67.6 Å². The molecular weight excluding hydrogens is 314 g/mol. The summed E-state index contributed by atoms with van der Waals surface area (Å²) in [5.41, 5.74) is 0. The maximum Gasteiger partial charge on any atom is 0.246 e. The van der Waals surface area contributed by atoms with Crippen molar-refractivity contribution in [2.24, 2.45) is 5.92 Å². The Morgan fingerprint density at radius 2 is 2.17 bits per heavy atom. The lowest BCUT2D eigenvalue weighted by atomic mass is 10.2. The van der Waals surface area contributed by atoms with Gasteiger partial charge in [0.15, 0.2) is 9.84 Å². The molecule has 0 radical (unpaired) electrons. The van der Waals surface area contributed by atoms with Crippen LogP contribution < -0.4 is 0 Å². The molecule has 126 valence electrons. The number of hydrogen-bond donors (Lipinski definition) is 0. The van der Waals surface area contributed by atoms with E-state index in [1.165, 1.54) is 6.08 Å². The van der Waals surface area contributed by atoms with Gasteiger partial charge in [0, 0.05) is 24.6 Å². The van der Waals surface area contributed by atoms with Crippen LogP contribution in [0.25, 0.3) is 6.08 Å². The molecule has 2 aliphatic rings. The Labute approximate surface area is 137 Å². The number of amides is 1. The molecule has 2 fully saturated rings. The largest absolute Gasteiger partial charge is 0.461 e. The Hall–Kier alpha value is -1.56. The van der Waals surface area contributed by atoms with Crippen molar-refractivity contribution in [3.8, 4) is 0 Å². The monoisotopic (exact) mass is 337 g/mol. The van der Waals surface area contributed by atoms with Gasteiger partial charge in [-0.3, -0.25) is 4.79 Å². The molecule has 3 rings (SSSR count). The van der Waals surface area contributed by atoms with Gasteiger partial charge in [0.05, 0.1) is 11.5 Å². The van der Waals surface area contributed by atoms with Gasteiger partial charge < -0.3 is 9.32 Å².